The van der Waals surface area contributed by atoms with Crippen LogP contribution in [0.1, 0.15) is 36.3 Å². The summed E-state index contributed by atoms with van der Waals surface area (Å²) in [6.45, 7) is 6.25. The molecule has 0 saturated heterocycles. The van der Waals surface area contributed by atoms with Gasteiger partial charge in [-0.15, -0.1) is 0 Å². The molecule has 0 aliphatic heterocycles. The summed E-state index contributed by atoms with van der Waals surface area (Å²) in [5, 5.41) is 0. The molecule has 1 atom stereocenters. The molecule has 2 rings (SSSR count). The summed E-state index contributed by atoms with van der Waals surface area (Å²) in [4.78, 5) is 0. The fourth-order valence-electron chi connectivity index (χ4n) is 2.12. The average Bonchev–Trinajstić information content (AvgIpc) is 2.68. The molecule has 1 aromatic heterocycles. The van der Waals surface area contributed by atoms with E-state index in [1.54, 1.807) is 0 Å². The van der Waals surface area contributed by atoms with E-state index in [9.17, 15) is 4.39 Å². The lowest BCUT2D eigenvalue weighted by atomic mass is 10.1. The Morgan fingerprint density at radius 3 is 2.11 bits per heavy atom. The van der Waals surface area contributed by atoms with Gasteiger partial charge in [-0.25, -0.2) is 4.39 Å². The highest BCUT2D eigenvalue weighted by Crippen LogP contribution is 2.19. The van der Waals surface area contributed by atoms with Gasteiger partial charge in [0.15, 0.2) is 0 Å². The van der Waals surface area contributed by atoms with Crippen molar-refractivity contribution in [3.05, 3.63) is 59.2 Å². The summed E-state index contributed by atoms with van der Waals surface area (Å²) < 4.78 is 15.0. The zero-order valence-corrected chi connectivity index (χ0v) is 11.1. The van der Waals surface area contributed by atoms with Crippen LogP contribution in [0, 0.1) is 19.7 Å². The minimum Gasteiger partial charge on any atom is -0.318 e. The summed E-state index contributed by atoms with van der Waals surface area (Å²) in [6.07, 6.45) is 0.947. The highest BCUT2D eigenvalue weighted by atomic mass is 19.1. The molecule has 2 nitrogen and oxygen atoms in total. The van der Waals surface area contributed by atoms with E-state index in [1.165, 1.54) is 23.5 Å². The monoisotopic (exact) mass is 246 g/mol. The first-order valence-electron chi connectivity index (χ1n) is 6.28. The predicted octanol–water partition coefficient (Wildman–Crippen LogP) is 3.94. The van der Waals surface area contributed by atoms with Gasteiger partial charge in [0.25, 0.3) is 0 Å². The van der Waals surface area contributed by atoms with Crippen molar-refractivity contribution in [3.8, 4) is 0 Å². The van der Waals surface area contributed by atoms with Gasteiger partial charge in [-0.2, -0.15) is 0 Å². The maximum Gasteiger partial charge on any atom is 0.123 e. The van der Waals surface area contributed by atoms with Crippen LogP contribution in [-0.4, -0.2) is 4.68 Å². The standard InChI is InChI=1S/C15H19FN2/c1-4-15(13-7-9-14(16)10-8-13)17-18-11(2)5-6-12(18)3/h5-10,15,17H,4H2,1-3H3. The fourth-order valence-corrected chi connectivity index (χ4v) is 2.12. The molecule has 1 unspecified atom stereocenters. The van der Waals surface area contributed by atoms with Crippen LogP contribution in [0.2, 0.25) is 0 Å². The summed E-state index contributed by atoms with van der Waals surface area (Å²) in [5.74, 6) is -0.193. The van der Waals surface area contributed by atoms with E-state index in [0.717, 1.165) is 12.0 Å². The molecule has 0 amide bonds. The zero-order valence-electron chi connectivity index (χ0n) is 11.1. The molecular formula is C15H19FN2. The van der Waals surface area contributed by atoms with Crippen molar-refractivity contribution in [2.45, 2.75) is 33.2 Å². The number of aryl methyl sites for hydroxylation is 2. The number of aromatic nitrogens is 1. The van der Waals surface area contributed by atoms with Crippen LogP contribution >= 0.6 is 0 Å². The fraction of sp³-hybridized carbons (Fsp3) is 0.333. The SMILES string of the molecule is CCC(Nn1c(C)ccc1C)c1ccc(F)cc1. The third-order valence-corrected chi connectivity index (χ3v) is 3.24. The van der Waals surface area contributed by atoms with Crippen molar-refractivity contribution < 1.29 is 4.39 Å². The van der Waals surface area contributed by atoms with Crippen molar-refractivity contribution in [2.24, 2.45) is 0 Å². The molecule has 0 aliphatic carbocycles. The first-order chi connectivity index (χ1) is 8.61. The maximum atomic E-state index is 12.9. The number of rotatable bonds is 4. The molecule has 0 aliphatic rings. The minimum absolute atomic E-state index is 0.190. The van der Waals surface area contributed by atoms with Gasteiger partial charge in [0.1, 0.15) is 5.82 Å². The second-order valence-corrected chi connectivity index (χ2v) is 4.59. The third kappa shape index (κ3) is 2.55. The normalized spacial score (nSPS) is 12.4. The first-order valence-corrected chi connectivity index (χ1v) is 6.28. The molecular weight excluding hydrogens is 227 g/mol. The van der Waals surface area contributed by atoms with Gasteiger partial charge in [-0.05, 0) is 50.1 Å². The Labute approximate surface area is 107 Å². The van der Waals surface area contributed by atoms with E-state index in [4.69, 9.17) is 0 Å². The average molecular weight is 246 g/mol. The Morgan fingerprint density at radius 2 is 1.61 bits per heavy atom. The van der Waals surface area contributed by atoms with Crippen LogP contribution in [0.25, 0.3) is 0 Å². The summed E-state index contributed by atoms with van der Waals surface area (Å²) in [7, 11) is 0. The van der Waals surface area contributed by atoms with Crippen LogP contribution in [-0.2, 0) is 0 Å². The summed E-state index contributed by atoms with van der Waals surface area (Å²) >= 11 is 0. The highest BCUT2D eigenvalue weighted by molar-refractivity contribution is 5.24. The first kappa shape index (κ1) is 12.7. The molecule has 1 aromatic carbocycles. The van der Waals surface area contributed by atoms with Gasteiger partial charge in [-0.3, -0.25) is 4.68 Å². The number of hydrogen-bond acceptors (Lipinski definition) is 1. The molecule has 1 N–H and O–H groups in total. The molecule has 0 radical (unpaired) electrons. The summed E-state index contributed by atoms with van der Waals surface area (Å²) in [5.41, 5.74) is 6.93. The molecule has 96 valence electrons. The van der Waals surface area contributed by atoms with Crippen molar-refractivity contribution in [1.82, 2.24) is 4.68 Å². The number of nitrogens with one attached hydrogen (secondary N) is 1. The Balaban J connectivity index is 2.22. The Hall–Kier alpha value is -1.77. The van der Waals surface area contributed by atoms with Gasteiger partial charge < -0.3 is 5.43 Å². The zero-order chi connectivity index (χ0) is 13.1. The van der Waals surface area contributed by atoms with Crippen molar-refractivity contribution in [3.63, 3.8) is 0 Å². The number of benzene rings is 1. The smallest absolute Gasteiger partial charge is 0.123 e. The maximum absolute atomic E-state index is 12.9. The lowest BCUT2D eigenvalue weighted by molar-refractivity contribution is 0.616. The lowest BCUT2D eigenvalue weighted by Crippen LogP contribution is -2.22. The number of halogens is 1. The second kappa shape index (κ2) is 5.25. The van der Waals surface area contributed by atoms with E-state index in [-0.39, 0.29) is 11.9 Å². The Bertz CT molecular complexity index is 494. The number of hydrogen-bond donors (Lipinski definition) is 1. The van der Waals surface area contributed by atoms with E-state index < -0.39 is 0 Å². The Kier molecular flexibility index (Phi) is 3.70. The highest BCUT2D eigenvalue weighted by Gasteiger charge is 2.11. The van der Waals surface area contributed by atoms with Crippen LogP contribution < -0.4 is 5.43 Å². The topological polar surface area (TPSA) is 17.0 Å². The van der Waals surface area contributed by atoms with Gasteiger partial charge in [-0.1, -0.05) is 19.1 Å². The molecule has 18 heavy (non-hydrogen) atoms. The van der Waals surface area contributed by atoms with Gasteiger partial charge in [0.2, 0.25) is 0 Å². The Morgan fingerprint density at radius 1 is 1.06 bits per heavy atom. The van der Waals surface area contributed by atoms with E-state index in [0.29, 0.717) is 0 Å². The molecule has 0 saturated carbocycles. The number of nitrogens with zero attached hydrogens (tertiary/aromatic N) is 1. The molecule has 0 fully saturated rings. The van der Waals surface area contributed by atoms with E-state index in [1.807, 2.05) is 12.1 Å². The lowest BCUT2D eigenvalue weighted by Gasteiger charge is -2.22. The molecule has 1 heterocycles. The van der Waals surface area contributed by atoms with Crippen molar-refractivity contribution in [2.75, 3.05) is 5.43 Å². The van der Waals surface area contributed by atoms with Crippen molar-refractivity contribution in [1.29, 1.82) is 0 Å². The predicted molar refractivity (Wildman–Crippen MR) is 72.7 cm³/mol. The molecule has 0 bridgehead atoms. The van der Waals surface area contributed by atoms with Crippen LogP contribution in [0.5, 0.6) is 0 Å². The van der Waals surface area contributed by atoms with E-state index in [2.05, 4.69) is 43.0 Å². The van der Waals surface area contributed by atoms with Gasteiger partial charge in [0.05, 0.1) is 6.04 Å². The largest absolute Gasteiger partial charge is 0.318 e. The molecule has 2 aromatic rings. The van der Waals surface area contributed by atoms with E-state index >= 15 is 0 Å². The third-order valence-electron chi connectivity index (χ3n) is 3.24. The van der Waals surface area contributed by atoms with Crippen LogP contribution in [0.15, 0.2) is 36.4 Å². The minimum atomic E-state index is -0.193. The quantitative estimate of drug-likeness (QED) is 0.864. The van der Waals surface area contributed by atoms with Crippen LogP contribution in [0.4, 0.5) is 4.39 Å². The second-order valence-electron chi connectivity index (χ2n) is 4.59. The summed E-state index contributed by atoms with van der Waals surface area (Å²) in [6, 6.07) is 11.1. The molecule has 3 heteroatoms. The van der Waals surface area contributed by atoms with Gasteiger partial charge in [0, 0.05) is 11.4 Å². The van der Waals surface area contributed by atoms with Gasteiger partial charge >= 0.3 is 0 Å². The molecule has 0 spiro atoms. The van der Waals surface area contributed by atoms with Crippen LogP contribution in [0.3, 0.4) is 0 Å². The van der Waals surface area contributed by atoms with Crippen molar-refractivity contribution >= 4 is 0 Å².